The molecule has 5 nitrogen and oxygen atoms in total. The summed E-state index contributed by atoms with van der Waals surface area (Å²) in [5, 5.41) is 0. The maximum atomic E-state index is 5.43. The molecular weight excluding hydrogens is 252 g/mol. The Morgan fingerprint density at radius 1 is 1.10 bits per heavy atom. The fourth-order valence-electron chi connectivity index (χ4n) is 2.90. The van der Waals surface area contributed by atoms with Crippen molar-refractivity contribution in [2.75, 3.05) is 19.1 Å². The van der Waals surface area contributed by atoms with Crippen LogP contribution in [0.15, 0.2) is 24.5 Å². The van der Waals surface area contributed by atoms with E-state index >= 15 is 0 Å². The fraction of sp³-hybridized carbons (Fsp3) is 0.533. The third-order valence-corrected chi connectivity index (χ3v) is 4.20. The second-order valence-electron chi connectivity index (χ2n) is 5.35. The van der Waals surface area contributed by atoms with Gasteiger partial charge in [-0.05, 0) is 37.8 Å². The number of hydrogen-bond acceptors (Lipinski definition) is 5. The summed E-state index contributed by atoms with van der Waals surface area (Å²) in [5.41, 5.74) is 1.55. The zero-order chi connectivity index (χ0) is 13.9. The van der Waals surface area contributed by atoms with Gasteiger partial charge < -0.3 is 9.64 Å². The Bertz CT molecular complexity index is 581. The summed E-state index contributed by atoms with van der Waals surface area (Å²) >= 11 is 0. The van der Waals surface area contributed by atoms with Crippen molar-refractivity contribution in [3.05, 3.63) is 24.5 Å². The predicted octanol–water partition coefficient (Wildman–Crippen LogP) is 2.42. The van der Waals surface area contributed by atoms with Gasteiger partial charge in [0.25, 0.3) is 0 Å². The van der Waals surface area contributed by atoms with Crippen LogP contribution < -0.4 is 4.90 Å². The molecule has 1 aliphatic carbocycles. The Morgan fingerprint density at radius 3 is 2.60 bits per heavy atom. The van der Waals surface area contributed by atoms with Gasteiger partial charge in [0.1, 0.15) is 11.3 Å². The molecule has 2 aromatic heterocycles. The van der Waals surface area contributed by atoms with Crippen LogP contribution in [0.3, 0.4) is 0 Å². The lowest BCUT2D eigenvalue weighted by atomic mass is 9.92. The highest BCUT2D eigenvalue weighted by Gasteiger charge is 2.24. The Balaban J connectivity index is 1.77. The zero-order valence-electron chi connectivity index (χ0n) is 12.0. The number of aromatic nitrogens is 3. The topological polar surface area (TPSA) is 51.1 Å². The van der Waals surface area contributed by atoms with Gasteiger partial charge in [-0.1, -0.05) is 0 Å². The third kappa shape index (κ3) is 2.58. The lowest BCUT2D eigenvalue weighted by Gasteiger charge is -2.34. The first-order chi connectivity index (χ1) is 9.78. The molecule has 0 amide bonds. The summed E-state index contributed by atoms with van der Waals surface area (Å²) in [5.74, 6) is 0.971. The minimum absolute atomic E-state index is 0.426. The average molecular weight is 272 g/mol. The average Bonchev–Trinajstić information content (AvgIpc) is 2.54. The molecular formula is C15H20N4O. The summed E-state index contributed by atoms with van der Waals surface area (Å²) in [4.78, 5) is 15.4. The van der Waals surface area contributed by atoms with E-state index in [1.54, 1.807) is 19.5 Å². The lowest BCUT2D eigenvalue weighted by molar-refractivity contribution is 0.0659. The second-order valence-corrected chi connectivity index (χ2v) is 5.35. The molecule has 0 spiro atoms. The number of nitrogens with zero attached hydrogens (tertiary/aromatic N) is 4. The lowest BCUT2D eigenvalue weighted by Crippen LogP contribution is -2.37. The van der Waals surface area contributed by atoms with Crippen LogP contribution in [0.4, 0.5) is 5.82 Å². The highest BCUT2D eigenvalue weighted by atomic mass is 16.5. The summed E-state index contributed by atoms with van der Waals surface area (Å²) in [7, 11) is 3.92. The van der Waals surface area contributed by atoms with Crippen LogP contribution in [0.1, 0.15) is 25.7 Å². The Hall–Kier alpha value is -1.75. The van der Waals surface area contributed by atoms with E-state index in [4.69, 9.17) is 4.74 Å². The van der Waals surface area contributed by atoms with Gasteiger partial charge in [-0.3, -0.25) is 4.98 Å². The van der Waals surface area contributed by atoms with Gasteiger partial charge >= 0.3 is 0 Å². The predicted molar refractivity (Wildman–Crippen MR) is 78.8 cm³/mol. The van der Waals surface area contributed by atoms with Crippen LogP contribution in [0.2, 0.25) is 0 Å². The van der Waals surface area contributed by atoms with Crippen molar-refractivity contribution in [1.29, 1.82) is 0 Å². The maximum Gasteiger partial charge on any atom is 0.180 e. The summed E-state index contributed by atoms with van der Waals surface area (Å²) in [6.45, 7) is 0. The van der Waals surface area contributed by atoms with Gasteiger partial charge in [-0.25, -0.2) is 9.97 Å². The van der Waals surface area contributed by atoms with Crippen LogP contribution in [0.25, 0.3) is 11.2 Å². The molecule has 0 radical (unpaired) electrons. The maximum absolute atomic E-state index is 5.43. The molecule has 0 aromatic carbocycles. The highest BCUT2D eigenvalue weighted by molar-refractivity contribution is 5.71. The standard InChI is InChI=1S/C15H20N4O/c1-19(11-3-5-12(20-2)6-4-11)14-8-7-13-15(18-14)17-10-9-16-13/h7-12H,3-6H2,1-2H3. The molecule has 1 saturated carbocycles. The van der Waals surface area contributed by atoms with Crippen molar-refractivity contribution < 1.29 is 4.74 Å². The van der Waals surface area contributed by atoms with E-state index in [0.717, 1.165) is 37.0 Å². The molecule has 0 N–H and O–H groups in total. The van der Waals surface area contributed by atoms with Crippen molar-refractivity contribution in [3.8, 4) is 0 Å². The molecule has 2 aromatic rings. The molecule has 2 heterocycles. The SMILES string of the molecule is COC1CCC(N(C)c2ccc3nccnc3n2)CC1. The van der Waals surface area contributed by atoms with Gasteiger partial charge in [0.15, 0.2) is 5.65 Å². The number of pyridine rings is 1. The summed E-state index contributed by atoms with van der Waals surface area (Å²) in [6, 6.07) is 4.55. The van der Waals surface area contributed by atoms with Gasteiger partial charge in [0.05, 0.1) is 6.10 Å². The van der Waals surface area contributed by atoms with E-state index < -0.39 is 0 Å². The second kappa shape index (κ2) is 5.71. The molecule has 1 fully saturated rings. The zero-order valence-corrected chi connectivity index (χ0v) is 12.0. The monoisotopic (exact) mass is 272 g/mol. The number of methoxy groups -OCH3 is 1. The van der Waals surface area contributed by atoms with Crippen molar-refractivity contribution >= 4 is 17.0 Å². The van der Waals surface area contributed by atoms with E-state index in [-0.39, 0.29) is 0 Å². The molecule has 0 saturated heterocycles. The quantitative estimate of drug-likeness (QED) is 0.859. The minimum Gasteiger partial charge on any atom is -0.381 e. The van der Waals surface area contributed by atoms with Crippen molar-refractivity contribution in [2.45, 2.75) is 37.8 Å². The minimum atomic E-state index is 0.426. The van der Waals surface area contributed by atoms with Gasteiger partial charge in [0.2, 0.25) is 0 Å². The van der Waals surface area contributed by atoms with Gasteiger partial charge in [-0.2, -0.15) is 0 Å². The Kier molecular flexibility index (Phi) is 3.78. The number of fused-ring (bicyclic) bond motifs is 1. The number of anilines is 1. The molecule has 106 valence electrons. The van der Waals surface area contributed by atoms with Gasteiger partial charge in [-0.15, -0.1) is 0 Å². The fourth-order valence-corrected chi connectivity index (χ4v) is 2.90. The van der Waals surface area contributed by atoms with Crippen LogP contribution >= 0.6 is 0 Å². The molecule has 1 aliphatic rings. The van der Waals surface area contributed by atoms with E-state index in [9.17, 15) is 0 Å². The molecule has 0 aliphatic heterocycles. The van der Waals surface area contributed by atoms with Crippen LogP contribution in [-0.4, -0.2) is 41.3 Å². The Morgan fingerprint density at radius 2 is 1.85 bits per heavy atom. The molecule has 20 heavy (non-hydrogen) atoms. The highest BCUT2D eigenvalue weighted by Crippen LogP contribution is 2.27. The largest absolute Gasteiger partial charge is 0.381 e. The molecule has 5 heteroatoms. The van der Waals surface area contributed by atoms with E-state index in [0.29, 0.717) is 17.8 Å². The number of rotatable bonds is 3. The normalized spacial score (nSPS) is 22.9. The van der Waals surface area contributed by atoms with Crippen LogP contribution in [0, 0.1) is 0 Å². The molecule has 0 unspecified atom stereocenters. The van der Waals surface area contributed by atoms with E-state index in [1.807, 2.05) is 12.1 Å². The molecule has 0 bridgehead atoms. The number of ether oxygens (including phenoxy) is 1. The summed E-state index contributed by atoms with van der Waals surface area (Å²) in [6.07, 6.45) is 8.35. The van der Waals surface area contributed by atoms with Crippen molar-refractivity contribution in [1.82, 2.24) is 15.0 Å². The first-order valence-electron chi connectivity index (χ1n) is 7.11. The summed E-state index contributed by atoms with van der Waals surface area (Å²) < 4.78 is 5.43. The molecule has 0 atom stereocenters. The number of hydrogen-bond donors (Lipinski definition) is 0. The first kappa shape index (κ1) is 13.2. The van der Waals surface area contributed by atoms with Crippen LogP contribution in [0.5, 0.6) is 0 Å². The Labute approximate surface area is 119 Å². The first-order valence-corrected chi connectivity index (χ1v) is 7.11. The van der Waals surface area contributed by atoms with E-state index in [2.05, 4.69) is 26.9 Å². The van der Waals surface area contributed by atoms with E-state index in [1.165, 1.54) is 0 Å². The molecule has 3 rings (SSSR count). The van der Waals surface area contributed by atoms with Crippen molar-refractivity contribution in [2.24, 2.45) is 0 Å². The van der Waals surface area contributed by atoms with Gasteiger partial charge in [0, 0.05) is 32.6 Å². The smallest absolute Gasteiger partial charge is 0.180 e. The van der Waals surface area contributed by atoms with Crippen molar-refractivity contribution in [3.63, 3.8) is 0 Å². The third-order valence-electron chi connectivity index (χ3n) is 4.20. The van der Waals surface area contributed by atoms with Crippen LogP contribution in [-0.2, 0) is 4.74 Å².